The molecule has 2 rings (SSSR count). The first-order chi connectivity index (χ1) is 10.8. The van der Waals surface area contributed by atoms with E-state index in [0.717, 1.165) is 5.56 Å². The number of carboxylic acid groups (broad SMARTS) is 1. The van der Waals surface area contributed by atoms with Crippen LogP contribution in [0.4, 0.5) is 0 Å². The highest BCUT2D eigenvalue weighted by Gasteiger charge is 2.36. The first-order valence-corrected chi connectivity index (χ1v) is 7.95. The molecule has 0 saturated carbocycles. The Morgan fingerprint density at radius 1 is 1.13 bits per heavy atom. The Kier molecular flexibility index (Phi) is 5.32. The van der Waals surface area contributed by atoms with E-state index in [1.54, 1.807) is 19.1 Å². The molecule has 0 fully saturated rings. The number of hydrogen-bond acceptors (Lipinski definition) is 2. The van der Waals surface area contributed by atoms with Gasteiger partial charge in [-0.15, -0.1) is 0 Å². The molecule has 1 N–H and O–H groups in total. The predicted molar refractivity (Wildman–Crippen MR) is 92.4 cm³/mol. The van der Waals surface area contributed by atoms with Crippen LogP contribution in [0, 0.1) is 0 Å². The zero-order valence-corrected chi connectivity index (χ0v) is 14.3. The zero-order valence-electron chi connectivity index (χ0n) is 13.5. The van der Waals surface area contributed by atoms with Crippen LogP contribution in [-0.4, -0.2) is 16.7 Å². The van der Waals surface area contributed by atoms with E-state index in [1.165, 1.54) is 5.56 Å². The Bertz CT molecular complexity index is 662. The van der Waals surface area contributed by atoms with E-state index in [9.17, 15) is 9.90 Å². The Labute approximate surface area is 141 Å². The lowest BCUT2D eigenvalue weighted by molar-refractivity contribution is -0.153. The molecule has 0 aliphatic rings. The van der Waals surface area contributed by atoms with Crippen molar-refractivity contribution in [2.45, 2.75) is 38.7 Å². The van der Waals surface area contributed by atoms with Gasteiger partial charge in [-0.25, -0.2) is 4.79 Å². The first kappa shape index (κ1) is 17.4. The zero-order chi connectivity index (χ0) is 17.0. The number of aliphatic carboxylic acids is 1. The molecular formula is C19H21ClO3. The molecule has 0 heterocycles. The molecule has 0 aliphatic heterocycles. The lowest BCUT2D eigenvalue weighted by Crippen LogP contribution is -2.43. The number of ether oxygens (including phenoxy) is 1. The monoisotopic (exact) mass is 332 g/mol. The summed E-state index contributed by atoms with van der Waals surface area (Å²) in [6.45, 7) is 5.80. The van der Waals surface area contributed by atoms with Crippen molar-refractivity contribution < 1.29 is 14.6 Å². The molecule has 0 saturated heterocycles. The van der Waals surface area contributed by atoms with E-state index >= 15 is 0 Å². The van der Waals surface area contributed by atoms with E-state index < -0.39 is 11.6 Å². The summed E-state index contributed by atoms with van der Waals surface area (Å²) in [5.74, 6) is -0.0300. The number of carboxylic acids is 1. The Hall–Kier alpha value is -2.00. The summed E-state index contributed by atoms with van der Waals surface area (Å²) >= 11 is 5.87. The molecule has 2 aromatic rings. The first-order valence-electron chi connectivity index (χ1n) is 7.57. The van der Waals surface area contributed by atoms with Crippen molar-refractivity contribution in [3.8, 4) is 5.75 Å². The Morgan fingerprint density at radius 3 is 2.17 bits per heavy atom. The molecule has 23 heavy (non-hydrogen) atoms. The fraction of sp³-hybridized carbons (Fsp3) is 0.316. The lowest BCUT2D eigenvalue weighted by Gasteiger charge is -2.26. The van der Waals surface area contributed by atoms with Crippen molar-refractivity contribution >= 4 is 17.6 Å². The third-order valence-corrected chi connectivity index (χ3v) is 4.05. The molecule has 0 radical (unpaired) electrons. The lowest BCUT2D eigenvalue weighted by atomic mass is 9.96. The van der Waals surface area contributed by atoms with Crippen molar-refractivity contribution in [1.82, 2.24) is 0 Å². The average Bonchev–Trinajstić information content (AvgIpc) is 2.50. The highest BCUT2D eigenvalue weighted by atomic mass is 35.5. The van der Waals surface area contributed by atoms with Crippen LogP contribution in [0.1, 0.15) is 37.8 Å². The third-order valence-electron chi connectivity index (χ3n) is 3.80. The van der Waals surface area contributed by atoms with Crippen molar-refractivity contribution in [1.29, 1.82) is 0 Å². The second-order valence-electron chi connectivity index (χ2n) is 6.17. The molecule has 2 aromatic carbocycles. The maximum Gasteiger partial charge on any atom is 0.348 e. The van der Waals surface area contributed by atoms with E-state index in [4.69, 9.17) is 16.3 Å². The van der Waals surface area contributed by atoms with Crippen LogP contribution in [0.15, 0.2) is 48.5 Å². The molecule has 0 aliphatic carbocycles. The second-order valence-corrected chi connectivity index (χ2v) is 6.60. The molecule has 0 bridgehead atoms. The summed E-state index contributed by atoms with van der Waals surface area (Å²) < 4.78 is 5.80. The molecule has 0 aromatic heterocycles. The fourth-order valence-corrected chi connectivity index (χ4v) is 2.45. The summed E-state index contributed by atoms with van der Waals surface area (Å²) in [6, 6.07) is 14.7. The topological polar surface area (TPSA) is 46.5 Å². The van der Waals surface area contributed by atoms with Crippen LogP contribution in [-0.2, 0) is 11.2 Å². The van der Waals surface area contributed by atoms with Crippen molar-refractivity contribution in [3.05, 3.63) is 64.7 Å². The number of hydrogen-bond donors (Lipinski definition) is 1. The summed E-state index contributed by atoms with van der Waals surface area (Å²) in [5, 5.41) is 10.2. The van der Waals surface area contributed by atoms with E-state index in [0.29, 0.717) is 16.7 Å². The van der Waals surface area contributed by atoms with Gasteiger partial charge in [-0.3, -0.25) is 0 Å². The fourth-order valence-electron chi connectivity index (χ4n) is 2.33. The van der Waals surface area contributed by atoms with Gasteiger partial charge in [0.15, 0.2) is 0 Å². The van der Waals surface area contributed by atoms with Crippen LogP contribution in [0.25, 0.3) is 0 Å². The number of carbonyl (C=O) groups is 1. The van der Waals surface area contributed by atoms with Gasteiger partial charge < -0.3 is 9.84 Å². The predicted octanol–water partition coefficient (Wildman–Crippen LogP) is 4.93. The quantitative estimate of drug-likeness (QED) is 0.816. The van der Waals surface area contributed by atoms with E-state index in [2.05, 4.69) is 13.8 Å². The van der Waals surface area contributed by atoms with Gasteiger partial charge in [0.2, 0.25) is 5.60 Å². The highest BCUT2D eigenvalue weighted by molar-refractivity contribution is 6.30. The molecule has 0 amide bonds. The van der Waals surface area contributed by atoms with Gasteiger partial charge in [0, 0.05) is 11.4 Å². The van der Waals surface area contributed by atoms with Crippen LogP contribution in [0.2, 0.25) is 5.02 Å². The van der Waals surface area contributed by atoms with Gasteiger partial charge >= 0.3 is 5.97 Å². The Balaban J connectivity index is 2.19. The van der Waals surface area contributed by atoms with Gasteiger partial charge in [-0.2, -0.15) is 0 Å². The minimum atomic E-state index is -1.34. The molecule has 122 valence electrons. The maximum absolute atomic E-state index is 11.7. The molecule has 0 spiro atoms. The smallest absolute Gasteiger partial charge is 0.348 e. The third kappa shape index (κ3) is 4.49. The summed E-state index contributed by atoms with van der Waals surface area (Å²) in [5.41, 5.74) is 0.706. The van der Waals surface area contributed by atoms with Crippen molar-refractivity contribution in [2.75, 3.05) is 0 Å². The largest absolute Gasteiger partial charge is 0.478 e. The van der Waals surface area contributed by atoms with E-state index in [-0.39, 0.29) is 6.42 Å². The summed E-state index contributed by atoms with van der Waals surface area (Å²) in [7, 11) is 0. The SMILES string of the molecule is CC(C)c1ccc(O[C@@](C)(Cc2ccc(Cl)cc2)C(=O)O)cc1. The van der Waals surface area contributed by atoms with Crippen molar-refractivity contribution in [3.63, 3.8) is 0 Å². The van der Waals surface area contributed by atoms with Crippen LogP contribution in [0.3, 0.4) is 0 Å². The number of benzene rings is 2. The molecule has 3 nitrogen and oxygen atoms in total. The highest BCUT2D eigenvalue weighted by Crippen LogP contribution is 2.25. The number of halogens is 1. The number of rotatable bonds is 6. The van der Waals surface area contributed by atoms with Gasteiger partial charge in [-0.1, -0.05) is 49.7 Å². The second kappa shape index (κ2) is 7.05. The molecular weight excluding hydrogens is 312 g/mol. The average molecular weight is 333 g/mol. The van der Waals surface area contributed by atoms with Crippen LogP contribution in [0.5, 0.6) is 5.75 Å². The Morgan fingerprint density at radius 2 is 1.70 bits per heavy atom. The van der Waals surface area contributed by atoms with Gasteiger partial charge in [-0.05, 0) is 48.2 Å². The van der Waals surface area contributed by atoms with Gasteiger partial charge in [0.25, 0.3) is 0 Å². The normalized spacial score (nSPS) is 13.6. The van der Waals surface area contributed by atoms with Gasteiger partial charge in [0.05, 0.1) is 0 Å². The maximum atomic E-state index is 11.7. The van der Waals surface area contributed by atoms with Gasteiger partial charge in [0.1, 0.15) is 5.75 Å². The molecule has 0 unspecified atom stereocenters. The minimum absolute atomic E-state index is 0.255. The summed E-state index contributed by atoms with van der Waals surface area (Å²) in [4.78, 5) is 11.7. The molecule has 1 atom stereocenters. The minimum Gasteiger partial charge on any atom is -0.478 e. The van der Waals surface area contributed by atoms with Crippen molar-refractivity contribution in [2.24, 2.45) is 0 Å². The molecule has 4 heteroatoms. The van der Waals surface area contributed by atoms with Crippen LogP contribution < -0.4 is 4.74 Å². The standard InChI is InChI=1S/C19H21ClO3/c1-13(2)15-6-10-17(11-7-15)23-19(3,18(21)22)12-14-4-8-16(20)9-5-14/h4-11,13H,12H2,1-3H3,(H,21,22)/t19-/m0/s1. The van der Waals surface area contributed by atoms with E-state index in [1.807, 2.05) is 36.4 Å². The summed E-state index contributed by atoms with van der Waals surface area (Å²) in [6.07, 6.45) is 0.255. The van der Waals surface area contributed by atoms with Crippen LogP contribution >= 0.6 is 11.6 Å².